The highest BCUT2D eigenvalue weighted by atomic mass is 14.6. The summed E-state index contributed by atoms with van der Waals surface area (Å²) in [4.78, 5) is 4.06. The SMILES string of the molecule is CCC1(c2ccncc2)C=CC=CC1. The van der Waals surface area contributed by atoms with Crippen molar-refractivity contribution in [1.29, 1.82) is 0 Å². The van der Waals surface area contributed by atoms with Gasteiger partial charge >= 0.3 is 0 Å². The molecule has 14 heavy (non-hydrogen) atoms. The molecule has 1 aromatic heterocycles. The molecule has 0 aliphatic heterocycles. The molecule has 1 aromatic rings. The predicted molar refractivity (Wildman–Crippen MR) is 59.1 cm³/mol. The van der Waals surface area contributed by atoms with Gasteiger partial charge in [-0.25, -0.2) is 0 Å². The summed E-state index contributed by atoms with van der Waals surface area (Å²) >= 11 is 0. The van der Waals surface area contributed by atoms with Crippen LogP contribution in [0.5, 0.6) is 0 Å². The second-order valence-electron chi connectivity index (χ2n) is 3.74. The van der Waals surface area contributed by atoms with Crippen LogP contribution in [0.3, 0.4) is 0 Å². The minimum atomic E-state index is 0.206. The van der Waals surface area contributed by atoms with Crippen LogP contribution in [0.4, 0.5) is 0 Å². The van der Waals surface area contributed by atoms with Crippen LogP contribution in [-0.4, -0.2) is 4.98 Å². The van der Waals surface area contributed by atoms with E-state index in [1.165, 1.54) is 5.56 Å². The van der Waals surface area contributed by atoms with Gasteiger partial charge in [-0.05, 0) is 30.5 Å². The van der Waals surface area contributed by atoms with E-state index in [1.807, 2.05) is 12.4 Å². The molecule has 1 aliphatic rings. The lowest BCUT2D eigenvalue weighted by Crippen LogP contribution is -2.22. The van der Waals surface area contributed by atoms with E-state index in [1.54, 1.807) is 0 Å². The molecule has 0 amide bonds. The van der Waals surface area contributed by atoms with E-state index in [4.69, 9.17) is 0 Å². The molecule has 0 bridgehead atoms. The average Bonchev–Trinajstić information content (AvgIpc) is 2.31. The summed E-state index contributed by atoms with van der Waals surface area (Å²) in [7, 11) is 0. The van der Waals surface area contributed by atoms with E-state index >= 15 is 0 Å². The molecule has 72 valence electrons. The largest absolute Gasteiger partial charge is 0.265 e. The fourth-order valence-electron chi connectivity index (χ4n) is 2.03. The van der Waals surface area contributed by atoms with Crippen molar-refractivity contribution in [2.45, 2.75) is 25.2 Å². The lowest BCUT2D eigenvalue weighted by atomic mass is 9.74. The van der Waals surface area contributed by atoms with Crippen molar-refractivity contribution in [2.75, 3.05) is 0 Å². The maximum absolute atomic E-state index is 4.06. The Bertz CT molecular complexity index is 351. The van der Waals surface area contributed by atoms with Crippen molar-refractivity contribution in [3.8, 4) is 0 Å². The van der Waals surface area contributed by atoms with Crippen LogP contribution in [0.15, 0.2) is 48.8 Å². The molecule has 2 rings (SSSR count). The van der Waals surface area contributed by atoms with Crippen LogP contribution in [0, 0.1) is 0 Å². The first-order chi connectivity index (χ1) is 6.87. The molecule has 0 radical (unpaired) electrons. The Morgan fingerprint density at radius 1 is 1.29 bits per heavy atom. The number of pyridine rings is 1. The third-order valence-corrected chi connectivity index (χ3v) is 3.03. The Hall–Kier alpha value is -1.37. The number of hydrogen-bond donors (Lipinski definition) is 0. The quantitative estimate of drug-likeness (QED) is 0.689. The van der Waals surface area contributed by atoms with Crippen molar-refractivity contribution in [3.63, 3.8) is 0 Å². The number of aromatic nitrogens is 1. The standard InChI is InChI=1S/C13H15N/c1-2-13(8-4-3-5-9-13)12-6-10-14-11-7-12/h3-8,10-11H,2,9H2,1H3. The Morgan fingerprint density at radius 3 is 2.64 bits per heavy atom. The molecule has 0 spiro atoms. The molecular formula is C13H15N. The minimum Gasteiger partial charge on any atom is -0.265 e. The first kappa shape index (κ1) is 9.20. The van der Waals surface area contributed by atoms with Gasteiger partial charge in [-0.15, -0.1) is 0 Å². The predicted octanol–water partition coefficient (Wildman–Crippen LogP) is 3.25. The van der Waals surface area contributed by atoms with Crippen molar-refractivity contribution >= 4 is 0 Å². The number of nitrogens with zero attached hydrogens (tertiary/aromatic N) is 1. The van der Waals surface area contributed by atoms with Gasteiger partial charge in [0.25, 0.3) is 0 Å². The van der Waals surface area contributed by atoms with Gasteiger partial charge < -0.3 is 0 Å². The van der Waals surface area contributed by atoms with Gasteiger partial charge in [0, 0.05) is 17.8 Å². The molecule has 1 aliphatic carbocycles. The summed E-state index contributed by atoms with van der Waals surface area (Å²) in [6.07, 6.45) is 14.8. The molecule has 0 saturated carbocycles. The second kappa shape index (κ2) is 3.79. The van der Waals surface area contributed by atoms with E-state index in [2.05, 4.69) is 48.3 Å². The summed E-state index contributed by atoms with van der Waals surface area (Å²) in [5, 5.41) is 0. The first-order valence-electron chi connectivity index (χ1n) is 5.12. The van der Waals surface area contributed by atoms with Gasteiger partial charge in [-0.1, -0.05) is 31.2 Å². The van der Waals surface area contributed by atoms with Crippen LogP contribution in [0.1, 0.15) is 25.3 Å². The summed E-state index contributed by atoms with van der Waals surface area (Å²) in [6, 6.07) is 4.24. The van der Waals surface area contributed by atoms with Crippen molar-refractivity contribution < 1.29 is 0 Å². The van der Waals surface area contributed by atoms with Crippen molar-refractivity contribution in [3.05, 3.63) is 54.4 Å². The molecule has 1 atom stereocenters. The molecular weight excluding hydrogens is 170 g/mol. The summed E-state index contributed by atoms with van der Waals surface area (Å²) in [6.45, 7) is 2.24. The fraction of sp³-hybridized carbons (Fsp3) is 0.308. The summed E-state index contributed by atoms with van der Waals surface area (Å²) in [5.74, 6) is 0. The molecule has 0 aromatic carbocycles. The topological polar surface area (TPSA) is 12.9 Å². The van der Waals surface area contributed by atoms with Gasteiger partial charge in [0.15, 0.2) is 0 Å². The van der Waals surface area contributed by atoms with E-state index in [0.717, 1.165) is 12.8 Å². The smallest absolute Gasteiger partial charge is 0.0270 e. The van der Waals surface area contributed by atoms with Crippen molar-refractivity contribution in [2.24, 2.45) is 0 Å². The van der Waals surface area contributed by atoms with Crippen LogP contribution in [-0.2, 0) is 5.41 Å². The maximum Gasteiger partial charge on any atom is 0.0270 e. The molecule has 1 heterocycles. The maximum atomic E-state index is 4.06. The third-order valence-electron chi connectivity index (χ3n) is 3.03. The summed E-state index contributed by atoms with van der Waals surface area (Å²) < 4.78 is 0. The van der Waals surface area contributed by atoms with E-state index < -0.39 is 0 Å². The first-order valence-corrected chi connectivity index (χ1v) is 5.12. The number of rotatable bonds is 2. The Labute approximate surface area is 85.2 Å². The number of allylic oxidation sites excluding steroid dienone is 4. The van der Waals surface area contributed by atoms with E-state index in [9.17, 15) is 0 Å². The third kappa shape index (κ3) is 1.50. The zero-order valence-electron chi connectivity index (χ0n) is 8.48. The van der Waals surface area contributed by atoms with Gasteiger partial charge in [-0.3, -0.25) is 4.98 Å². The second-order valence-corrected chi connectivity index (χ2v) is 3.74. The highest BCUT2D eigenvalue weighted by Gasteiger charge is 2.26. The molecule has 0 fully saturated rings. The highest BCUT2D eigenvalue weighted by Crippen LogP contribution is 2.35. The van der Waals surface area contributed by atoms with Gasteiger partial charge in [0.2, 0.25) is 0 Å². The van der Waals surface area contributed by atoms with Gasteiger partial charge in [0.05, 0.1) is 0 Å². The minimum absolute atomic E-state index is 0.206. The monoisotopic (exact) mass is 185 g/mol. The van der Waals surface area contributed by atoms with Gasteiger partial charge in [0.1, 0.15) is 0 Å². The molecule has 0 saturated heterocycles. The molecule has 1 unspecified atom stereocenters. The Kier molecular flexibility index (Phi) is 2.49. The Balaban J connectivity index is 2.39. The average molecular weight is 185 g/mol. The summed E-state index contributed by atoms with van der Waals surface area (Å²) in [5.41, 5.74) is 1.58. The fourth-order valence-corrected chi connectivity index (χ4v) is 2.03. The van der Waals surface area contributed by atoms with Crippen LogP contribution in [0.2, 0.25) is 0 Å². The number of hydrogen-bond acceptors (Lipinski definition) is 1. The van der Waals surface area contributed by atoms with E-state index in [0.29, 0.717) is 0 Å². The van der Waals surface area contributed by atoms with Crippen LogP contribution in [0.25, 0.3) is 0 Å². The van der Waals surface area contributed by atoms with Crippen LogP contribution < -0.4 is 0 Å². The highest BCUT2D eigenvalue weighted by molar-refractivity contribution is 5.34. The molecule has 0 N–H and O–H groups in total. The van der Waals surface area contributed by atoms with E-state index in [-0.39, 0.29) is 5.41 Å². The van der Waals surface area contributed by atoms with Crippen LogP contribution >= 0.6 is 0 Å². The lowest BCUT2D eigenvalue weighted by molar-refractivity contribution is 0.518. The molecule has 1 heteroatoms. The van der Waals surface area contributed by atoms with Gasteiger partial charge in [-0.2, -0.15) is 0 Å². The Morgan fingerprint density at radius 2 is 2.07 bits per heavy atom. The molecule has 1 nitrogen and oxygen atoms in total. The van der Waals surface area contributed by atoms with Crippen molar-refractivity contribution in [1.82, 2.24) is 4.98 Å². The lowest BCUT2D eigenvalue weighted by Gasteiger charge is -2.30. The zero-order valence-corrected chi connectivity index (χ0v) is 8.48. The zero-order chi connectivity index (χ0) is 9.86. The normalized spacial score (nSPS) is 25.2.